The van der Waals surface area contributed by atoms with Gasteiger partial charge in [0.15, 0.2) is 0 Å². The van der Waals surface area contributed by atoms with Gasteiger partial charge in [-0.1, -0.05) is 19.8 Å². The predicted octanol–water partition coefficient (Wildman–Crippen LogP) is 1.51. The molecule has 0 bridgehead atoms. The molecular weight excluding hydrogens is 238 g/mol. The molecule has 0 aromatic heterocycles. The lowest BCUT2D eigenvalue weighted by molar-refractivity contribution is -0.123. The van der Waals surface area contributed by atoms with Gasteiger partial charge in [-0.05, 0) is 39.2 Å². The van der Waals surface area contributed by atoms with Crippen molar-refractivity contribution in [3.63, 3.8) is 0 Å². The van der Waals surface area contributed by atoms with Crippen LogP contribution in [0.2, 0.25) is 0 Å². The van der Waals surface area contributed by atoms with Gasteiger partial charge in [-0.3, -0.25) is 9.69 Å². The average Bonchev–Trinajstić information content (AvgIpc) is 3.12. The molecule has 0 spiro atoms. The number of hydrogen-bond acceptors (Lipinski definition) is 3. The Bertz CT molecular complexity index is 285. The van der Waals surface area contributed by atoms with E-state index in [-0.39, 0.29) is 11.9 Å². The van der Waals surface area contributed by atoms with E-state index in [1.54, 1.807) is 0 Å². The molecule has 2 aliphatic carbocycles. The zero-order valence-corrected chi connectivity index (χ0v) is 12.5. The van der Waals surface area contributed by atoms with E-state index in [9.17, 15) is 4.79 Å². The van der Waals surface area contributed by atoms with Gasteiger partial charge in [0.25, 0.3) is 0 Å². The van der Waals surface area contributed by atoms with Gasteiger partial charge in [0.1, 0.15) is 0 Å². The summed E-state index contributed by atoms with van der Waals surface area (Å²) in [6.45, 7) is 7.27. The van der Waals surface area contributed by atoms with Crippen LogP contribution in [0.4, 0.5) is 0 Å². The molecular formula is C15H29N3O. The second-order valence-electron chi connectivity index (χ2n) is 6.03. The number of rotatable bonds is 8. The molecule has 2 saturated carbocycles. The fourth-order valence-electron chi connectivity index (χ4n) is 2.95. The Morgan fingerprint density at radius 2 is 1.95 bits per heavy atom. The van der Waals surface area contributed by atoms with Crippen molar-refractivity contribution < 1.29 is 4.79 Å². The van der Waals surface area contributed by atoms with Crippen LogP contribution in [0.5, 0.6) is 0 Å². The smallest absolute Gasteiger partial charge is 0.237 e. The largest absolute Gasteiger partial charge is 0.352 e. The van der Waals surface area contributed by atoms with E-state index in [1.807, 2.05) is 6.92 Å². The van der Waals surface area contributed by atoms with Crippen LogP contribution in [0.15, 0.2) is 0 Å². The van der Waals surface area contributed by atoms with Gasteiger partial charge in [-0.2, -0.15) is 0 Å². The van der Waals surface area contributed by atoms with Crippen molar-refractivity contribution >= 4 is 5.91 Å². The first-order chi connectivity index (χ1) is 9.20. The van der Waals surface area contributed by atoms with Gasteiger partial charge in [-0.25, -0.2) is 0 Å². The minimum Gasteiger partial charge on any atom is -0.352 e. The van der Waals surface area contributed by atoms with Crippen molar-refractivity contribution in [3.05, 3.63) is 0 Å². The van der Waals surface area contributed by atoms with Crippen molar-refractivity contribution in [1.82, 2.24) is 15.5 Å². The van der Waals surface area contributed by atoms with Crippen LogP contribution in [-0.4, -0.2) is 48.6 Å². The SMILES string of the molecule is CCN(CCNC(C)C(=O)NC1CCCC1)C1CC1. The summed E-state index contributed by atoms with van der Waals surface area (Å²) < 4.78 is 0. The number of amides is 1. The first-order valence-electron chi connectivity index (χ1n) is 7.98. The molecule has 0 radical (unpaired) electrons. The Morgan fingerprint density at radius 3 is 2.53 bits per heavy atom. The Kier molecular flexibility index (Phi) is 5.64. The van der Waals surface area contributed by atoms with Crippen LogP contribution < -0.4 is 10.6 Å². The first kappa shape index (κ1) is 14.8. The topological polar surface area (TPSA) is 44.4 Å². The number of carbonyl (C=O) groups is 1. The molecule has 0 aromatic carbocycles. The van der Waals surface area contributed by atoms with Crippen LogP contribution in [0.25, 0.3) is 0 Å². The molecule has 2 rings (SSSR count). The van der Waals surface area contributed by atoms with Crippen molar-refractivity contribution in [2.24, 2.45) is 0 Å². The summed E-state index contributed by atoms with van der Waals surface area (Å²) in [5.41, 5.74) is 0. The monoisotopic (exact) mass is 267 g/mol. The number of hydrogen-bond donors (Lipinski definition) is 2. The Morgan fingerprint density at radius 1 is 1.26 bits per heavy atom. The molecule has 2 aliphatic rings. The molecule has 1 amide bonds. The molecule has 2 N–H and O–H groups in total. The molecule has 110 valence electrons. The lowest BCUT2D eigenvalue weighted by atomic mass is 10.2. The van der Waals surface area contributed by atoms with Gasteiger partial charge >= 0.3 is 0 Å². The lowest BCUT2D eigenvalue weighted by Crippen LogP contribution is -2.47. The van der Waals surface area contributed by atoms with Crippen LogP contribution >= 0.6 is 0 Å². The molecule has 19 heavy (non-hydrogen) atoms. The van der Waals surface area contributed by atoms with E-state index in [1.165, 1.54) is 25.7 Å². The van der Waals surface area contributed by atoms with Crippen LogP contribution in [0, 0.1) is 0 Å². The van der Waals surface area contributed by atoms with Gasteiger partial charge in [-0.15, -0.1) is 0 Å². The standard InChI is InChI=1S/C15H29N3O/c1-3-18(14-8-9-14)11-10-16-12(2)15(19)17-13-6-4-5-7-13/h12-14,16H,3-11H2,1-2H3,(H,17,19). The fourth-order valence-corrected chi connectivity index (χ4v) is 2.95. The maximum atomic E-state index is 12.0. The minimum atomic E-state index is -0.0708. The van der Waals surface area contributed by atoms with E-state index in [0.29, 0.717) is 6.04 Å². The van der Waals surface area contributed by atoms with E-state index in [2.05, 4.69) is 22.5 Å². The predicted molar refractivity (Wildman–Crippen MR) is 78.1 cm³/mol. The highest BCUT2D eigenvalue weighted by atomic mass is 16.2. The normalized spacial score (nSPS) is 21.8. The maximum Gasteiger partial charge on any atom is 0.237 e. The summed E-state index contributed by atoms with van der Waals surface area (Å²) in [5, 5.41) is 6.50. The second kappa shape index (κ2) is 7.25. The number of nitrogens with one attached hydrogen (secondary N) is 2. The van der Waals surface area contributed by atoms with Crippen molar-refractivity contribution in [1.29, 1.82) is 0 Å². The summed E-state index contributed by atoms with van der Waals surface area (Å²) in [6.07, 6.45) is 7.55. The van der Waals surface area contributed by atoms with E-state index >= 15 is 0 Å². The highest BCUT2D eigenvalue weighted by molar-refractivity contribution is 5.81. The number of likely N-dealkylation sites (N-methyl/N-ethyl adjacent to an activating group) is 1. The lowest BCUT2D eigenvalue weighted by Gasteiger charge is -2.22. The van der Waals surface area contributed by atoms with Crippen LogP contribution in [-0.2, 0) is 4.79 Å². The van der Waals surface area contributed by atoms with Crippen LogP contribution in [0.3, 0.4) is 0 Å². The highest BCUT2D eigenvalue weighted by Crippen LogP contribution is 2.25. The summed E-state index contributed by atoms with van der Waals surface area (Å²) >= 11 is 0. The average molecular weight is 267 g/mol. The molecule has 0 aliphatic heterocycles. The molecule has 4 heteroatoms. The third kappa shape index (κ3) is 4.77. The molecule has 0 saturated heterocycles. The highest BCUT2D eigenvalue weighted by Gasteiger charge is 2.27. The molecule has 0 aromatic rings. The van der Waals surface area contributed by atoms with E-state index in [4.69, 9.17) is 0 Å². The Hall–Kier alpha value is -0.610. The molecule has 2 fully saturated rings. The summed E-state index contributed by atoms with van der Waals surface area (Å²) in [5.74, 6) is 0.168. The summed E-state index contributed by atoms with van der Waals surface area (Å²) in [6, 6.07) is 1.17. The number of carbonyl (C=O) groups excluding carboxylic acids is 1. The zero-order chi connectivity index (χ0) is 13.7. The quantitative estimate of drug-likeness (QED) is 0.700. The zero-order valence-electron chi connectivity index (χ0n) is 12.5. The Balaban J connectivity index is 1.59. The van der Waals surface area contributed by atoms with E-state index in [0.717, 1.165) is 38.5 Å². The molecule has 1 atom stereocenters. The fraction of sp³-hybridized carbons (Fsp3) is 0.933. The molecule has 1 unspecified atom stereocenters. The Labute approximate surface area is 117 Å². The maximum absolute atomic E-state index is 12.0. The van der Waals surface area contributed by atoms with Crippen LogP contribution in [0.1, 0.15) is 52.4 Å². The van der Waals surface area contributed by atoms with Crippen molar-refractivity contribution in [3.8, 4) is 0 Å². The van der Waals surface area contributed by atoms with Gasteiger partial charge in [0, 0.05) is 25.2 Å². The van der Waals surface area contributed by atoms with Crippen molar-refractivity contribution in [2.75, 3.05) is 19.6 Å². The van der Waals surface area contributed by atoms with E-state index < -0.39 is 0 Å². The van der Waals surface area contributed by atoms with Gasteiger partial charge < -0.3 is 10.6 Å². The summed E-state index contributed by atoms with van der Waals surface area (Å²) in [4.78, 5) is 14.5. The third-order valence-corrected chi connectivity index (χ3v) is 4.41. The first-order valence-corrected chi connectivity index (χ1v) is 7.98. The summed E-state index contributed by atoms with van der Waals surface area (Å²) in [7, 11) is 0. The van der Waals surface area contributed by atoms with Gasteiger partial charge in [0.05, 0.1) is 6.04 Å². The second-order valence-corrected chi connectivity index (χ2v) is 6.03. The minimum absolute atomic E-state index is 0.0708. The third-order valence-electron chi connectivity index (χ3n) is 4.41. The molecule has 4 nitrogen and oxygen atoms in total. The van der Waals surface area contributed by atoms with Gasteiger partial charge in [0.2, 0.25) is 5.91 Å². The number of nitrogens with zero attached hydrogens (tertiary/aromatic N) is 1. The molecule has 0 heterocycles. The van der Waals surface area contributed by atoms with Crippen molar-refractivity contribution in [2.45, 2.75) is 70.5 Å².